The summed E-state index contributed by atoms with van der Waals surface area (Å²) in [6.07, 6.45) is 1.55. The van der Waals surface area contributed by atoms with Gasteiger partial charge in [0, 0.05) is 19.3 Å². The number of carbonyl (C=O) groups is 1. The molecule has 1 saturated heterocycles. The summed E-state index contributed by atoms with van der Waals surface area (Å²) in [5.74, 6) is -1.16. The van der Waals surface area contributed by atoms with E-state index in [-0.39, 0.29) is 17.1 Å². The van der Waals surface area contributed by atoms with Crippen LogP contribution in [-0.4, -0.2) is 59.5 Å². The van der Waals surface area contributed by atoms with Gasteiger partial charge in [-0.1, -0.05) is 0 Å². The highest BCUT2D eigenvalue weighted by Gasteiger charge is 2.44. The zero-order valence-electron chi connectivity index (χ0n) is 19.6. The third-order valence-electron chi connectivity index (χ3n) is 6.91. The number of benzene rings is 1. The Bertz CT molecular complexity index is 1440. The Morgan fingerprint density at radius 1 is 1.14 bits per heavy atom. The number of nitrogens with one attached hydrogen (secondary N) is 2. The predicted molar refractivity (Wildman–Crippen MR) is 130 cm³/mol. The number of aliphatic hydroxyl groups excluding tert-OH is 1. The fourth-order valence-corrected chi connectivity index (χ4v) is 5.45. The van der Waals surface area contributed by atoms with Crippen molar-refractivity contribution < 1.29 is 31.5 Å². The smallest absolute Gasteiger partial charge is 0.395 e. The molecule has 10 nitrogen and oxygen atoms in total. The minimum absolute atomic E-state index is 0.0854. The highest BCUT2D eigenvalue weighted by Crippen LogP contribution is 2.54. The largest absolute Gasteiger partial charge is 0.421 e. The Morgan fingerprint density at radius 2 is 1.86 bits per heavy atom. The molecule has 3 N–H and O–H groups in total. The maximum absolute atomic E-state index is 13.3. The molecule has 0 radical (unpaired) electrons. The van der Waals surface area contributed by atoms with Gasteiger partial charge in [-0.15, -0.1) is 0 Å². The van der Waals surface area contributed by atoms with E-state index in [1.165, 1.54) is 37.2 Å². The quantitative estimate of drug-likeness (QED) is 0.422. The van der Waals surface area contributed by atoms with Crippen molar-refractivity contribution in [2.75, 3.05) is 40.4 Å². The van der Waals surface area contributed by atoms with Crippen molar-refractivity contribution in [2.24, 2.45) is 5.41 Å². The number of carbonyl (C=O) groups excluding carboxylic acids is 1. The van der Waals surface area contributed by atoms with Gasteiger partial charge in [0.15, 0.2) is 5.65 Å². The number of hydrogen-bond acceptors (Lipinski definition) is 7. The number of aromatic nitrogens is 3. The van der Waals surface area contributed by atoms with E-state index in [9.17, 15) is 26.4 Å². The summed E-state index contributed by atoms with van der Waals surface area (Å²) in [5.41, 5.74) is -0.141. The third kappa shape index (κ3) is 5.34. The fraction of sp³-hybridized carbons (Fsp3) is 0.435. The Labute approximate surface area is 210 Å². The van der Waals surface area contributed by atoms with Crippen LogP contribution in [0.2, 0.25) is 0 Å². The van der Waals surface area contributed by atoms with Gasteiger partial charge in [0.05, 0.1) is 35.5 Å². The van der Waals surface area contributed by atoms with Gasteiger partial charge in [0.25, 0.3) is 5.91 Å². The number of halogens is 3. The molecule has 0 atom stereocenters. The fourth-order valence-electron chi connectivity index (χ4n) is 4.62. The van der Waals surface area contributed by atoms with Gasteiger partial charge in [0.2, 0.25) is 10.0 Å². The first-order chi connectivity index (χ1) is 17.5. The van der Waals surface area contributed by atoms with E-state index in [4.69, 9.17) is 5.11 Å². The molecule has 3 heterocycles. The molecule has 5 rings (SSSR count). The molecular weight excluding hydrogens is 513 g/mol. The lowest BCUT2D eigenvalue weighted by Crippen LogP contribution is -2.35. The molecule has 2 aliphatic rings. The van der Waals surface area contributed by atoms with Gasteiger partial charge >= 0.3 is 6.18 Å². The summed E-state index contributed by atoms with van der Waals surface area (Å²) < 4.78 is 67.6. The van der Waals surface area contributed by atoms with Crippen LogP contribution in [0.25, 0.3) is 5.65 Å². The van der Waals surface area contributed by atoms with Crippen molar-refractivity contribution in [3.63, 3.8) is 0 Å². The second-order valence-electron chi connectivity index (χ2n) is 9.45. The number of hydrogen-bond donors (Lipinski definition) is 3. The van der Waals surface area contributed by atoms with E-state index in [2.05, 4.69) is 20.1 Å². The second-order valence-corrected chi connectivity index (χ2v) is 11.3. The number of aliphatic hydroxyl groups is 1. The minimum atomic E-state index is -4.66. The summed E-state index contributed by atoms with van der Waals surface area (Å²) in [6.45, 7) is 0.825. The molecule has 14 heteroatoms. The lowest BCUT2D eigenvalue weighted by molar-refractivity contribution is -0.136. The Balaban J connectivity index is 1.44. The molecule has 1 aromatic carbocycles. The standard InChI is InChI=1S/C23H25F3N6O4S/c24-23(25,26)17-14-27-32-8-3-19(28-20(17)32)29-21(34)16-2-1-15(30-37(35,36)12-11-33)13-18(16)31-9-6-22(4-5-22)7-10-31/h1-3,8,13-14,30,33H,4-7,9-12H2,(H,28,29,34). The highest BCUT2D eigenvalue weighted by atomic mass is 32.2. The van der Waals surface area contributed by atoms with Gasteiger partial charge in [0.1, 0.15) is 11.4 Å². The number of piperidine rings is 1. The number of amides is 1. The Kier molecular flexibility index (Phi) is 6.26. The van der Waals surface area contributed by atoms with Crippen LogP contribution in [0.1, 0.15) is 41.6 Å². The van der Waals surface area contributed by atoms with Crippen molar-refractivity contribution in [2.45, 2.75) is 31.9 Å². The maximum atomic E-state index is 13.3. The number of anilines is 3. The SMILES string of the molecule is O=C(Nc1ccn2ncc(C(F)(F)F)c2n1)c1ccc(NS(=O)(=O)CCO)cc1N1CCC2(CC1)CC2. The molecule has 1 saturated carbocycles. The first-order valence-corrected chi connectivity index (χ1v) is 13.4. The number of alkyl halides is 3. The summed E-state index contributed by atoms with van der Waals surface area (Å²) >= 11 is 0. The molecular formula is C23H25F3N6O4S. The number of nitrogens with zero attached hydrogens (tertiary/aromatic N) is 4. The molecule has 198 valence electrons. The van der Waals surface area contributed by atoms with Gasteiger partial charge < -0.3 is 15.3 Å². The summed E-state index contributed by atoms with van der Waals surface area (Å²) in [4.78, 5) is 19.2. The van der Waals surface area contributed by atoms with Gasteiger partial charge in [-0.2, -0.15) is 18.3 Å². The van der Waals surface area contributed by atoms with Crippen molar-refractivity contribution in [1.29, 1.82) is 0 Å². The van der Waals surface area contributed by atoms with Crippen molar-refractivity contribution in [3.05, 3.63) is 47.8 Å². The Morgan fingerprint density at radius 3 is 2.51 bits per heavy atom. The van der Waals surface area contributed by atoms with Gasteiger partial charge in [-0.3, -0.25) is 9.52 Å². The van der Waals surface area contributed by atoms with E-state index >= 15 is 0 Å². The predicted octanol–water partition coefficient (Wildman–Crippen LogP) is 3.11. The van der Waals surface area contributed by atoms with Gasteiger partial charge in [-0.25, -0.2) is 17.9 Å². The van der Waals surface area contributed by atoms with Crippen LogP contribution in [0.3, 0.4) is 0 Å². The first-order valence-electron chi connectivity index (χ1n) is 11.7. The number of sulfonamides is 1. The van der Waals surface area contributed by atoms with Crippen LogP contribution >= 0.6 is 0 Å². The minimum Gasteiger partial charge on any atom is -0.395 e. The first kappa shape index (κ1) is 25.3. The molecule has 1 spiro atoms. The van der Waals surface area contributed by atoms with Crippen LogP contribution in [-0.2, 0) is 16.2 Å². The topological polar surface area (TPSA) is 129 Å². The van der Waals surface area contributed by atoms with E-state index in [0.717, 1.165) is 17.4 Å². The summed E-state index contributed by atoms with van der Waals surface area (Å²) in [5, 5.41) is 15.2. The van der Waals surface area contributed by atoms with Crippen LogP contribution in [0.5, 0.6) is 0 Å². The van der Waals surface area contributed by atoms with Crippen LogP contribution in [0.4, 0.5) is 30.4 Å². The summed E-state index contributed by atoms with van der Waals surface area (Å²) in [6, 6.07) is 5.79. The van der Waals surface area contributed by atoms with E-state index in [1.807, 2.05) is 4.90 Å². The lowest BCUT2D eigenvalue weighted by Gasteiger charge is -2.35. The molecule has 0 bridgehead atoms. The van der Waals surface area contributed by atoms with E-state index < -0.39 is 45.7 Å². The zero-order valence-corrected chi connectivity index (χ0v) is 20.4. The van der Waals surface area contributed by atoms with Crippen molar-refractivity contribution >= 4 is 38.8 Å². The lowest BCUT2D eigenvalue weighted by atomic mass is 9.93. The summed E-state index contributed by atoms with van der Waals surface area (Å²) in [7, 11) is -3.78. The van der Waals surface area contributed by atoms with E-state index in [1.54, 1.807) is 6.07 Å². The molecule has 2 aromatic heterocycles. The number of rotatable bonds is 7. The maximum Gasteiger partial charge on any atom is 0.421 e. The highest BCUT2D eigenvalue weighted by molar-refractivity contribution is 7.92. The monoisotopic (exact) mass is 538 g/mol. The Hall–Kier alpha value is -3.39. The molecule has 1 amide bonds. The molecule has 0 unspecified atom stereocenters. The van der Waals surface area contributed by atoms with E-state index in [0.29, 0.717) is 30.4 Å². The molecule has 3 aromatic rings. The molecule has 2 fully saturated rings. The average molecular weight is 539 g/mol. The average Bonchev–Trinajstić information content (AvgIpc) is 3.43. The van der Waals surface area contributed by atoms with Crippen LogP contribution < -0.4 is 14.9 Å². The van der Waals surface area contributed by atoms with Crippen molar-refractivity contribution in [3.8, 4) is 0 Å². The second kappa shape index (κ2) is 9.17. The third-order valence-corrected chi connectivity index (χ3v) is 8.18. The van der Waals surface area contributed by atoms with Crippen LogP contribution in [0.15, 0.2) is 36.7 Å². The van der Waals surface area contributed by atoms with Crippen molar-refractivity contribution in [1.82, 2.24) is 14.6 Å². The molecule has 1 aliphatic carbocycles. The molecule has 37 heavy (non-hydrogen) atoms. The normalized spacial score (nSPS) is 17.2. The number of fused-ring (bicyclic) bond motifs is 1. The molecule has 1 aliphatic heterocycles. The van der Waals surface area contributed by atoms with Crippen LogP contribution in [0, 0.1) is 5.41 Å². The zero-order chi connectivity index (χ0) is 26.4. The van der Waals surface area contributed by atoms with Gasteiger partial charge in [-0.05, 0) is 55.4 Å².